The Balaban J connectivity index is 1.89. The molecule has 1 saturated heterocycles. The van der Waals surface area contributed by atoms with E-state index in [-0.39, 0.29) is 37.6 Å². The number of hydrogen-bond donors (Lipinski definition) is 1. The van der Waals surface area contributed by atoms with E-state index < -0.39 is 56.1 Å². The smallest absolute Gasteiger partial charge is 0.491 e. The zero-order valence-electron chi connectivity index (χ0n) is 20.9. The van der Waals surface area contributed by atoms with Gasteiger partial charge in [-0.1, -0.05) is 0 Å². The number of ether oxygens (including phenoxy) is 3. The van der Waals surface area contributed by atoms with Gasteiger partial charge < -0.3 is 24.0 Å². The van der Waals surface area contributed by atoms with Crippen molar-refractivity contribution in [2.45, 2.75) is 37.6 Å². The molecular formula is C23H26F5N3O6S. The number of carbonyl (C=O) groups excluding carboxylic acids is 1. The first-order valence-corrected chi connectivity index (χ1v) is 12.7. The topological polar surface area (TPSA) is 97.4 Å². The first-order valence-electron chi connectivity index (χ1n) is 11.2. The van der Waals surface area contributed by atoms with Gasteiger partial charge in [-0.15, -0.1) is 13.2 Å². The molecule has 1 N–H and O–H groups in total. The summed E-state index contributed by atoms with van der Waals surface area (Å²) in [5, 5.41) is 0. The maximum Gasteiger partial charge on any atom is 0.573 e. The summed E-state index contributed by atoms with van der Waals surface area (Å²) in [5.41, 5.74) is -1.07. The lowest BCUT2D eigenvalue weighted by Gasteiger charge is -2.37. The van der Waals surface area contributed by atoms with Crippen molar-refractivity contribution in [1.29, 1.82) is 0 Å². The van der Waals surface area contributed by atoms with Gasteiger partial charge in [0, 0.05) is 26.2 Å². The molecule has 0 atom stereocenters. The highest BCUT2D eigenvalue weighted by molar-refractivity contribution is 7.92. The number of rotatable bonds is 6. The number of halogens is 5. The summed E-state index contributed by atoms with van der Waals surface area (Å²) in [4.78, 5) is 14.3. The molecule has 0 radical (unpaired) electrons. The summed E-state index contributed by atoms with van der Waals surface area (Å²) >= 11 is 0. The molecule has 0 aromatic heterocycles. The largest absolute Gasteiger partial charge is 0.573 e. The number of benzene rings is 2. The van der Waals surface area contributed by atoms with Crippen LogP contribution < -0.4 is 19.1 Å². The van der Waals surface area contributed by atoms with E-state index in [1.807, 2.05) is 0 Å². The first-order chi connectivity index (χ1) is 17.5. The molecule has 1 fully saturated rings. The molecule has 0 saturated carbocycles. The molecule has 0 aliphatic carbocycles. The van der Waals surface area contributed by atoms with E-state index >= 15 is 0 Å². The van der Waals surface area contributed by atoms with Gasteiger partial charge in [0.25, 0.3) is 10.0 Å². The molecule has 1 heterocycles. The summed E-state index contributed by atoms with van der Waals surface area (Å²) in [5.74, 6) is -4.12. The molecule has 1 aliphatic rings. The van der Waals surface area contributed by atoms with Gasteiger partial charge in [-0.3, -0.25) is 4.72 Å². The molecule has 9 nitrogen and oxygen atoms in total. The molecule has 0 spiro atoms. The average Bonchev–Trinajstić information content (AvgIpc) is 2.78. The van der Waals surface area contributed by atoms with Crippen molar-refractivity contribution in [2.24, 2.45) is 0 Å². The highest BCUT2D eigenvalue weighted by Crippen LogP contribution is 2.37. The standard InChI is InChI=1S/C23H26F5N3O6S/c1-22(2,3)37-21(32)31-11-9-30(10-12-31)16-13-14(5-7-17(16)36-23(26,27)28)29-38(33,34)18-8-6-15(24)20(35-4)19(18)25/h5-8,13,29H,9-12H2,1-4H3. The van der Waals surface area contributed by atoms with Crippen LogP contribution in [-0.4, -0.2) is 64.7 Å². The molecule has 15 heteroatoms. The molecule has 3 rings (SSSR count). The quantitative estimate of drug-likeness (QED) is 0.504. The molecule has 210 valence electrons. The van der Waals surface area contributed by atoms with Crippen molar-refractivity contribution in [3.05, 3.63) is 42.0 Å². The van der Waals surface area contributed by atoms with E-state index in [4.69, 9.17) is 4.74 Å². The number of hydrogen-bond acceptors (Lipinski definition) is 7. The Bertz CT molecular complexity index is 1290. The van der Waals surface area contributed by atoms with E-state index in [1.54, 1.807) is 20.8 Å². The van der Waals surface area contributed by atoms with E-state index in [1.165, 1.54) is 9.80 Å². The summed E-state index contributed by atoms with van der Waals surface area (Å²) in [6, 6.07) is 4.38. The fourth-order valence-corrected chi connectivity index (χ4v) is 4.74. The van der Waals surface area contributed by atoms with Gasteiger partial charge in [-0.25, -0.2) is 22.0 Å². The highest BCUT2D eigenvalue weighted by atomic mass is 32.2. The van der Waals surface area contributed by atoms with Gasteiger partial charge >= 0.3 is 12.5 Å². The summed E-state index contributed by atoms with van der Waals surface area (Å²) < 4.78 is 109. The molecule has 0 bridgehead atoms. The normalized spacial score (nSPS) is 14.8. The van der Waals surface area contributed by atoms with Crippen molar-refractivity contribution in [2.75, 3.05) is 42.9 Å². The number of amides is 1. The first kappa shape index (κ1) is 29.1. The second-order valence-electron chi connectivity index (χ2n) is 9.18. The van der Waals surface area contributed by atoms with Crippen molar-refractivity contribution in [3.8, 4) is 11.5 Å². The molecule has 2 aromatic carbocycles. The third kappa shape index (κ3) is 7.08. The van der Waals surface area contributed by atoms with Crippen LogP contribution in [0.3, 0.4) is 0 Å². The zero-order valence-corrected chi connectivity index (χ0v) is 21.7. The van der Waals surface area contributed by atoms with Gasteiger partial charge in [0.1, 0.15) is 10.5 Å². The third-order valence-electron chi connectivity index (χ3n) is 5.22. The van der Waals surface area contributed by atoms with E-state index in [0.717, 1.165) is 25.3 Å². The highest BCUT2D eigenvalue weighted by Gasteiger charge is 2.34. The van der Waals surface area contributed by atoms with E-state index in [9.17, 15) is 35.2 Å². The minimum atomic E-state index is -5.04. The Morgan fingerprint density at radius 3 is 2.18 bits per heavy atom. The molecule has 0 unspecified atom stereocenters. The molecule has 2 aromatic rings. The van der Waals surface area contributed by atoms with E-state index in [0.29, 0.717) is 12.1 Å². The molecule has 1 amide bonds. The van der Waals surface area contributed by atoms with Gasteiger partial charge in [0.2, 0.25) is 0 Å². The SMILES string of the molecule is COc1c(F)ccc(S(=O)(=O)Nc2ccc(OC(F)(F)F)c(N3CCN(C(=O)OC(C)(C)C)CC3)c2)c1F. The number of carbonyl (C=O) groups is 1. The van der Waals surface area contributed by atoms with Crippen LogP contribution in [0.2, 0.25) is 0 Å². The van der Waals surface area contributed by atoms with Gasteiger partial charge in [0.05, 0.1) is 18.5 Å². The lowest BCUT2D eigenvalue weighted by molar-refractivity contribution is -0.274. The monoisotopic (exact) mass is 567 g/mol. The van der Waals surface area contributed by atoms with Gasteiger partial charge in [-0.05, 0) is 51.1 Å². The predicted molar refractivity (Wildman–Crippen MR) is 127 cm³/mol. The Labute approximate surface area is 216 Å². The number of nitrogens with zero attached hydrogens (tertiary/aromatic N) is 2. The minimum absolute atomic E-state index is 0.0768. The second-order valence-corrected chi connectivity index (χ2v) is 10.8. The summed E-state index contributed by atoms with van der Waals surface area (Å²) in [6.07, 6.45) is -5.62. The molecular weight excluding hydrogens is 541 g/mol. The van der Waals surface area contributed by atoms with Crippen LogP contribution in [-0.2, 0) is 14.8 Å². The fraction of sp³-hybridized carbons (Fsp3) is 0.435. The van der Waals surface area contributed by atoms with Crippen LogP contribution in [0.1, 0.15) is 20.8 Å². The lowest BCUT2D eigenvalue weighted by atomic mass is 10.2. The predicted octanol–water partition coefficient (Wildman–Crippen LogP) is 4.73. The van der Waals surface area contributed by atoms with Crippen molar-refractivity contribution >= 4 is 27.5 Å². The summed E-state index contributed by atoms with van der Waals surface area (Å²) in [7, 11) is -3.69. The maximum absolute atomic E-state index is 14.6. The summed E-state index contributed by atoms with van der Waals surface area (Å²) in [6.45, 7) is 5.46. The number of piperazine rings is 1. The van der Waals surface area contributed by atoms with Gasteiger partial charge in [0.15, 0.2) is 23.1 Å². The number of methoxy groups -OCH3 is 1. The maximum atomic E-state index is 14.6. The van der Waals surface area contributed by atoms with Crippen LogP contribution in [0.5, 0.6) is 11.5 Å². The Hall–Kier alpha value is -3.49. The van der Waals surface area contributed by atoms with E-state index in [2.05, 4.69) is 14.2 Å². The Morgan fingerprint density at radius 2 is 1.63 bits per heavy atom. The Morgan fingerprint density at radius 1 is 1.00 bits per heavy atom. The average molecular weight is 568 g/mol. The van der Waals surface area contributed by atoms with Crippen LogP contribution >= 0.6 is 0 Å². The fourth-order valence-electron chi connectivity index (χ4n) is 3.61. The van der Waals surface area contributed by atoms with Crippen LogP contribution in [0.4, 0.5) is 38.1 Å². The van der Waals surface area contributed by atoms with Crippen molar-refractivity contribution in [3.63, 3.8) is 0 Å². The molecule has 38 heavy (non-hydrogen) atoms. The third-order valence-corrected chi connectivity index (χ3v) is 6.61. The Kier molecular flexibility index (Phi) is 8.19. The number of nitrogens with one attached hydrogen (secondary N) is 1. The van der Waals surface area contributed by atoms with Crippen molar-refractivity contribution < 1.29 is 49.4 Å². The minimum Gasteiger partial charge on any atom is -0.491 e. The van der Waals surface area contributed by atoms with Gasteiger partial charge in [-0.2, -0.15) is 0 Å². The number of alkyl halides is 3. The molecule has 1 aliphatic heterocycles. The number of anilines is 2. The lowest BCUT2D eigenvalue weighted by Crippen LogP contribution is -2.50. The number of sulfonamides is 1. The zero-order chi connectivity index (χ0) is 28.5. The van der Waals surface area contributed by atoms with Crippen molar-refractivity contribution in [1.82, 2.24) is 4.90 Å². The second kappa shape index (κ2) is 10.7. The van der Waals surface area contributed by atoms with Crippen LogP contribution in [0.25, 0.3) is 0 Å². The van der Waals surface area contributed by atoms with Crippen LogP contribution in [0, 0.1) is 11.6 Å². The van der Waals surface area contributed by atoms with Crippen LogP contribution in [0.15, 0.2) is 35.2 Å².